The van der Waals surface area contributed by atoms with E-state index >= 15 is 0 Å². The third-order valence-electron chi connectivity index (χ3n) is 12.1. The van der Waals surface area contributed by atoms with Gasteiger partial charge in [0.15, 0.2) is 0 Å². The standard InChI is InChI=1S/C56H82N2S6/c1-7-13-19-25-31-59-49-37-43-44-38-50(60-32-26-20-14-8-2)52(62-34-28-22-16-10-4)40-46(44)54-48(42-58)56(64-36-30-24-18-12-6)55(63-35-29-23-17-11-5)47(41-57)53(54)45(43)39-51(49)61-33-27-21-15-9-3/h37-40H,7-36H2,1-6H3. The minimum Gasteiger partial charge on any atom is -0.192 e. The first-order valence-corrected chi connectivity index (χ1v) is 31.6. The van der Waals surface area contributed by atoms with Crippen LogP contribution in [0.1, 0.15) is 207 Å². The van der Waals surface area contributed by atoms with Crippen molar-refractivity contribution in [2.45, 2.75) is 225 Å². The molecule has 4 aromatic carbocycles. The van der Waals surface area contributed by atoms with Gasteiger partial charge in [-0.3, -0.25) is 0 Å². The lowest BCUT2D eigenvalue weighted by atomic mass is 9.89. The van der Waals surface area contributed by atoms with Crippen LogP contribution in [0.25, 0.3) is 32.3 Å². The quantitative estimate of drug-likeness (QED) is 0.0254. The summed E-state index contributed by atoms with van der Waals surface area (Å²) in [6, 6.07) is 15.7. The van der Waals surface area contributed by atoms with Gasteiger partial charge in [0, 0.05) is 40.1 Å². The SMILES string of the molecule is CCCCCCSc1cc2c3cc(SCCCCCC)c(SCCCCCC)cc3c3c(C#N)c(SCCCCCC)c(SCCCCCC)c(C#N)c3c2cc1SCCCCCC. The molecule has 0 unspecified atom stereocenters. The highest BCUT2D eigenvalue weighted by Gasteiger charge is 2.26. The first-order chi connectivity index (χ1) is 31.5. The van der Waals surface area contributed by atoms with Crippen LogP contribution in [0.4, 0.5) is 0 Å². The molecule has 8 heteroatoms. The van der Waals surface area contributed by atoms with Crippen LogP contribution in [0.2, 0.25) is 0 Å². The van der Waals surface area contributed by atoms with Crippen molar-refractivity contribution >= 4 is 103 Å². The van der Waals surface area contributed by atoms with Crippen molar-refractivity contribution in [3.8, 4) is 12.1 Å². The summed E-state index contributed by atoms with van der Waals surface area (Å²) in [5.74, 6) is 6.38. The second-order valence-corrected chi connectivity index (χ2v) is 24.3. The molecule has 2 nitrogen and oxygen atoms in total. The minimum absolute atomic E-state index is 0.791. The van der Waals surface area contributed by atoms with Gasteiger partial charge in [-0.15, -0.1) is 70.6 Å². The Hall–Kier alpha value is -1.26. The molecule has 0 aliphatic heterocycles. The van der Waals surface area contributed by atoms with Gasteiger partial charge in [-0.05, 0) is 119 Å². The Morgan fingerprint density at radius 1 is 0.312 bits per heavy atom. The van der Waals surface area contributed by atoms with Gasteiger partial charge in [0.2, 0.25) is 0 Å². The molecule has 0 aliphatic carbocycles. The Kier molecular flexibility index (Phi) is 28.8. The van der Waals surface area contributed by atoms with E-state index in [1.54, 1.807) is 0 Å². The predicted molar refractivity (Wildman–Crippen MR) is 298 cm³/mol. The van der Waals surface area contributed by atoms with E-state index in [2.05, 4.69) is 77.9 Å². The van der Waals surface area contributed by atoms with E-state index in [0.29, 0.717) is 0 Å². The van der Waals surface area contributed by atoms with Gasteiger partial charge in [-0.2, -0.15) is 10.5 Å². The van der Waals surface area contributed by atoms with Crippen molar-refractivity contribution in [3.63, 3.8) is 0 Å². The van der Waals surface area contributed by atoms with Crippen LogP contribution in [0, 0.1) is 22.7 Å². The molecule has 0 aromatic heterocycles. The van der Waals surface area contributed by atoms with Gasteiger partial charge < -0.3 is 0 Å². The number of thioether (sulfide) groups is 6. The first kappa shape index (κ1) is 55.3. The third kappa shape index (κ3) is 17.1. The Morgan fingerprint density at radius 2 is 0.547 bits per heavy atom. The van der Waals surface area contributed by atoms with E-state index in [1.807, 2.05) is 70.6 Å². The number of hydrogen-bond donors (Lipinski definition) is 0. The molecular formula is C56H82N2S6. The highest BCUT2D eigenvalue weighted by atomic mass is 32.2. The molecule has 0 saturated heterocycles. The van der Waals surface area contributed by atoms with Crippen molar-refractivity contribution in [2.24, 2.45) is 0 Å². The molecule has 4 rings (SSSR count). The average molecular weight is 976 g/mol. The molecule has 0 fully saturated rings. The predicted octanol–water partition coefficient (Wildman–Crippen LogP) is 20.9. The zero-order valence-electron chi connectivity index (χ0n) is 40.9. The molecule has 0 atom stereocenters. The van der Waals surface area contributed by atoms with E-state index in [9.17, 15) is 10.5 Å². The maximum atomic E-state index is 11.5. The summed E-state index contributed by atoms with van der Waals surface area (Å²) in [6.07, 6.45) is 29.7. The summed E-state index contributed by atoms with van der Waals surface area (Å²) in [7, 11) is 0. The molecular weight excluding hydrogens is 893 g/mol. The van der Waals surface area contributed by atoms with Crippen LogP contribution in [-0.4, -0.2) is 34.5 Å². The maximum absolute atomic E-state index is 11.5. The van der Waals surface area contributed by atoms with E-state index in [-0.39, 0.29) is 0 Å². The van der Waals surface area contributed by atoms with Crippen LogP contribution < -0.4 is 0 Å². The molecule has 4 aromatic rings. The Balaban J connectivity index is 2.12. The van der Waals surface area contributed by atoms with Crippen LogP contribution >= 0.6 is 70.6 Å². The number of unbranched alkanes of at least 4 members (excludes halogenated alkanes) is 18. The van der Waals surface area contributed by atoms with Crippen LogP contribution in [-0.2, 0) is 0 Å². The van der Waals surface area contributed by atoms with Crippen molar-refractivity contribution in [1.29, 1.82) is 10.5 Å². The highest BCUT2D eigenvalue weighted by Crippen LogP contribution is 2.51. The summed E-state index contributed by atoms with van der Waals surface area (Å²) in [6.45, 7) is 13.7. The Morgan fingerprint density at radius 3 is 0.781 bits per heavy atom. The minimum atomic E-state index is 0.791. The molecule has 0 N–H and O–H groups in total. The average Bonchev–Trinajstić information content (AvgIpc) is 3.31. The number of hydrogen-bond acceptors (Lipinski definition) is 8. The monoisotopic (exact) mass is 974 g/mol. The number of benzene rings is 4. The molecule has 0 spiro atoms. The fourth-order valence-electron chi connectivity index (χ4n) is 8.41. The van der Waals surface area contributed by atoms with E-state index in [0.717, 1.165) is 89.8 Å². The van der Waals surface area contributed by atoms with Crippen LogP contribution in [0.15, 0.2) is 53.6 Å². The van der Waals surface area contributed by atoms with E-state index in [1.165, 1.54) is 172 Å². The summed E-state index contributed by atoms with van der Waals surface area (Å²) in [5.41, 5.74) is 1.58. The van der Waals surface area contributed by atoms with Crippen molar-refractivity contribution in [3.05, 3.63) is 35.4 Å². The second-order valence-electron chi connectivity index (χ2n) is 17.5. The number of fused-ring (bicyclic) bond motifs is 6. The van der Waals surface area contributed by atoms with Crippen LogP contribution in [0.3, 0.4) is 0 Å². The maximum Gasteiger partial charge on any atom is 0.101 e. The largest absolute Gasteiger partial charge is 0.192 e. The van der Waals surface area contributed by atoms with Gasteiger partial charge in [0.05, 0.1) is 11.1 Å². The van der Waals surface area contributed by atoms with Gasteiger partial charge in [-0.1, -0.05) is 157 Å². The first-order valence-electron chi connectivity index (χ1n) is 25.7. The summed E-state index contributed by atoms with van der Waals surface area (Å²) < 4.78 is 0. The number of nitriles is 2. The topological polar surface area (TPSA) is 47.6 Å². The Bertz CT molecular complexity index is 1920. The van der Waals surface area contributed by atoms with Gasteiger partial charge in [0.1, 0.15) is 12.1 Å². The lowest BCUT2D eigenvalue weighted by Crippen LogP contribution is -2.00. The highest BCUT2D eigenvalue weighted by molar-refractivity contribution is 8.03. The summed E-state index contributed by atoms with van der Waals surface area (Å²) in [5, 5.41) is 29.9. The second kappa shape index (κ2) is 33.3. The third-order valence-corrected chi connectivity index (χ3v) is 19.5. The van der Waals surface area contributed by atoms with E-state index in [4.69, 9.17) is 0 Å². The van der Waals surface area contributed by atoms with Gasteiger partial charge in [-0.25, -0.2) is 0 Å². The van der Waals surface area contributed by atoms with Crippen molar-refractivity contribution < 1.29 is 0 Å². The van der Waals surface area contributed by atoms with Crippen LogP contribution in [0.5, 0.6) is 0 Å². The lowest BCUT2D eigenvalue weighted by molar-refractivity contribution is 0.706. The molecule has 0 bridgehead atoms. The van der Waals surface area contributed by atoms with Crippen molar-refractivity contribution in [1.82, 2.24) is 0 Å². The molecule has 352 valence electrons. The van der Waals surface area contributed by atoms with E-state index < -0.39 is 0 Å². The molecule has 0 aliphatic rings. The molecule has 64 heavy (non-hydrogen) atoms. The fraction of sp³-hybridized carbons (Fsp3) is 0.643. The summed E-state index contributed by atoms with van der Waals surface area (Å²) in [4.78, 5) is 7.57. The smallest absolute Gasteiger partial charge is 0.101 e. The molecule has 0 saturated carbocycles. The molecule has 0 heterocycles. The number of nitrogens with zero attached hydrogens (tertiary/aromatic N) is 2. The zero-order valence-corrected chi connectivity index (χ0v) is 45.8. The normalized spacial score (nSPS) is 11.6. The lowest BCUT2D eigenvalue weighted by Gasteiger charge is -2.22. The molecule has 0 radical (unpaired) electrons. The van der Waals surface area contributed by atoms with Gasteiger partial charge in [0.25, 0.3) is 0 Å². The van der Waals surface area contributed by atoms with Crippen molar-refractivity contribution in [2.75, 3.05) is 34.5 Å². The fourth-order valence-corrected chi connectivity index (χ4v) is 15.5. The Labute approximate surface area is 417 Å². The summed E-state index contributed by atoms with van der Waals surface area (Å²) >= 11 is 11.8. The van der Waals surface area contributed by atoms with Gasteiger partial charge >= 0.3 is 0 Å². The number of rotatable bonds is 36. The zero-order chi connectivity index (χ0) is 45.8. The molecule has 0 amide bonds.